The molecule has 8 heteroatoms. The number of nitrogens with zero attached hydrogens (tertiary/aromatic N) is 3. The molecule has 0 atom stereocenters. The lowest BCUT2D eigenvalue weighted by Crippen LogP contribution is -2.38. The molecule has 3 heterocycles. The van der Waals surface area contributed by atoms with Crippen LogP contribution in [0.1, 0.15) is 28.9 Å². The number of nitrogens with one attached hydrogen (secondary N) is 1. The number of hydrogen-bond acceptors (Lipinski definition) is 5. The van der Waals surface area contributed by atoms with Crippen LogP contribution in [0, 0.1) is 5.92 Å². The van der Waals surface area contributed by atoms with Crippen molar-refractivity contribution in [3.05, 3.63) is 35.6 Å². The van der Waals surface area contributed by atoms with Crippen LogP contribution < -0.4 is 5.32 Å². The second kappa shape index (κ2) is 10.7. The summed E-state index contributed by atoms with van der Waals surface area (Å²) in [5.41, 5.74) is 1.01. The number of thiazole rings is 1. The second-order valence-corrected chi connectivity index (χ2v) is 6.92. The van der Waals surface area contributed by atoms with Gasteiger partial charge in [0.2, 0.25) is 0 Å². The highest BCUT2D eigenvalue weighted by atomic mass is 35.5. The molecule has 1 aliphatic rings. The summed E-state index contributed by atoms with van der Waals surface area (Å²) in [4.78, 5) is 23.7. The molecular formula is C17H24Cl2N4OS. The van der Waals surface area contributed by atoms with Crippen LogP contribution >= 0.6 is 36.2 Å². The summed E-state index contributed by atoms with van der Waals surface area (Å²) < 4.78 is 0. The highest BCUT2D eigenvalue weighted by Gasteiger charge is 2.24. The van der Waals surface area contributed by atoms with Crippen LogP contribution in [0.2, 0.25) is 0 Å². The zero-order valence-electron chi connectivity index (χ0n) is 14.2. The minimum absolute atomic E-state index is 0. The van der Waals surface area contributed by atoms with Gasteiger partial charge in [0, 0.05) is 31.0 Å². The largest absolute Gasteiger partial charge is 0.338 e. The monoisotopic (exact) mass is 402 g/mol. The standard InChI is InChI=1S/C17H22N4OS.2ClH/c1-18-7-2-13-5-10-21(11-6-13)17(22)15-12-20-16(23-15)14-3-8-19-9-4-14;;/h3-4,8-9,12-13,18H,2,5-7,10-11H2,1H3;2*1H. The van der Waals surface area contributed by atoms with Gasteiger partial charge < -0.3 is 10.2 Å². The minimum Gasteiger partial charge on any atom is -0.338 e. The van der Waals surface area contributed by atoms with E-state index in [2.05, 4.69) is 15.3 Å². The van der Waals surface area contributed by atoms with Crippen molar-refractivity contribution < 1.29 is 4.79 Å². The third kappa shape index (κ3) is 5.64. The maximum absolute atomic E-state index is 12.6. The molecule has 5 nitrogen and oxygen atoms in total. The number of halogens is 2. The molecule has 1 N–H and O–H groups in total. The van der Waals surface area contributed by atoms with Crippen molar-refractivity contribution in [1.29, 1.82) is 0 Å². The molecule has 0 aliphatic carbocycles. The Bertz CT molecular complexity index is 645. The number of amides is 1. The van der Waals surface area contributed by atoms with Gasteiger partial charge in [-0.2, -0.15) is 0 Å². The van der Waals surface area contributed by atoms with E-state index in [1.165, 1.54) is 17.8 Å². The van der Waals surface area contributed by atoms with Gasteiger partial charge in [0.15, 0.2) is 0 Å². The lowest BCUT2D eigenvalue weighted by atomic mass is 9.93. The van der Waals surface area contributed by atoms with E-state index in [0.717, 1.165) is 53.8 Å². The number of aromatic nitrogens is 2. The van der Waals surface area contributed by atoms with Crippen molar-refractivity contribution in [1.82, 2.24) is 20.2 Å². The molecule has 1 aliphatic heterocycles. The van der Waals surface area contributed by atoms with E-state index in [-0.39, 0.29) is 30.7 Å². The molecule has 0 spiro atoms. The average Bonchev–Trinajstić information content (AvgIpc) is 3.11. The van der Waals surface area contributed by atoms with Crippen molar-refractivity contribution in [2.24, 2.45) is 5.92 Å². The maximum Gasteiger partial charge on any atom is 0.265 e. The quantitative estimate of drug-likeness (QED) is 0.830. The van der Waals surface area contributed by atoms with Crippen LogP contribution in [0.25, 0.3) is 10.6 Å². The first-order valence-corrected chi connectivity index (χ1v) is 8.89. The number of piperidine rings is 1. The van der Waals surface area contributed by atoms with E-state index in [1.54, 1.807) is 18.6 Å². The Labute approximate surface area is 165 Å². The summed E-state index contributed by atoms with van der Waals surface area (Å²) in [5, 5.41) is 4.08. The highest BCUT2D eigenvalue weighted by molar-refractivity contribution is 7.16. The molecule has 0 bridgehead atoms. The van der Waals surface area contributed by atoms with E-state index in [0.29, 0.717) is 0 Å². The van der Waals surface area contributed by atoms with E-state index < -0.39 is 0 Å². The Balaban J connectivity index is 0.00000156. The van der Waals surface area contributed by atoms with Gasteiger partial charge in [0.05, 0.1) is 6.20 Å². The van der Waals surface area contributed by atoms with Crippen LogP contribution in [0.3, 0.4) is 0 Å². The van der Waals surface area contributed by atoms with Crippen molar-refractivity contribution >= 4 is 42.1 Å². The van der Waals surface area contributed by atoms with Crippen LogP contribution in [0.5, 0.6) is 0 Å². The molecule has 1 fully saturated rings. The predicted molar refractivity (Wildman–Crippen MR) is 107 cm³/mol. The summed E-state index contributed by atoms with van der Waals surface area (Å²) in [6.07, 6.45) is 8.59. The number of hydrogen-bond donors (Lipinski definition) is 1. The molecule has 2 aromatic heterocycles. The summed E-state index contributed by atoms with van der Waals surface area (Å²) in [7, 11) is 1.99. The number of rotatable bonds is 5. The van der Waals surface area contributed by atoms with Crippen LogP contribution in [0.4, 0.5) is 0 Å². The van der Waals surface area contributed by atoms with Crippen LogP contribution in [0.15, 0.2) is 30.7 Å². The first-order chi connectivity index (χ1) is 11.3. The molecule has 3 rings (SSSR count). The maximum atomic E-state index is 12.6. The van der Waals surface area contributed by atoms with E-state index >= 15 is 0 Å². The molecule has 1 saturated heterocycles. The van der Waals surface area contributed by atoms with Crippen molar-refractivity contribution in [2.45, 2.75) is 19.3 Å². The first kappa shape index (κ1) is 21.8. The molecule has 0 aromatic carbocycles. The van der Waals surface area contributed by atoms with Gasteiger partial charge in [-0.05, 0) is 50.9 Å². The normalized spacial score (nSPS) is 14.5. The number of carbonyl (C=O) groups is 1. The van der Waals surface area contributed by atoms with E-state index in [1.807, 2.05) is 24.1 Å². The molecular weight excluding hydrogens is 379 g/mol. The zero-order valence-corrected chi connectivity index (χ0v) is 16.6. The Kier molecular flexibility index (Phi) is 9.35. The van der Waals surface area contributed by atoms with Crippen molar-refractivity contribution in [2.75, 3.05) is 26.7 Å². The Hall–Kier alpha value is -1.21. The molecule has 25 heavy (non-hydrogen) atoms. The van der Waals surface area contributed by atoms with Crippen molar-refractivity contribution in [3.8, 4) is 10.6 Å². The summed E-state index contributed by atoms with van der Waals surface area (Å²) in [6.45, 7) is 2.77. The number of carbonyl (C=O) groups excluding carboxylic acids is 1. The van der Waals surface area contributed by atoms with Gasteiger partial charge in [0.1, 0.15) is 9.88 Å². The topological polar surface area (TPSA) is 58.1 Å². The van der Waals surface area contributed by atoms with Gasteiger partial charge in [-0.25, -0.2) is 4.98 Å². The fourth-order valence-corrected chi connectivity index (χ4v) is 3.82. The fraction of sp³-hybridized carbons (Fsp3) is 0.471. The lowest BCUT2D eigenvalue weighted by Gasteiger charge is -2.31. The summed E-state index contributed by atoms with van der Waals surface area (Å²) in [6, 6.07) is 3.83. The van der Waals surface area contributed by atoms with Gasteiger partial charge in [-0.15, -0.1) is 36.2 Å². The van der Waals surface area contributed by atoms with E-state index in [4.69, 9.17) is 0 Å². The predicted octanol–water partition coefficient (Wildman–Crippen LogP) is 3.51. The molecule has 138 valence electrons. The SMILES string of the molecule is CNCCC1CCN(C(=O)c2cnc(-c3ccncc3)s2)CC1.Cl.Cl. The fourth-order valence-electron chi connectivity index (χ4n) is 2.93. The zero-order chi connectivity index (χ0) is 16.1. The average molecular weight is 403 g/mol. The molecule has 0 radical (unpaired) electrons. The van der Waals surface area contributed by atoms with Crippen LogP contribution in [-0.2, 0) is 0 Å². The van der Waals surface area contributed by atoms with Gasteiger partial charge in [-0.3, -0.25) is 9.78 Å². The highest BCUT2D eigenvalue weighted by Crippen LogP contribution is 2.27. The number of likely N-dealkylation sites (tertiary alicyclic amines) is 1. The molecule has 1 amide bonds. The molecule has 0 unspecified atom stereocenters. The van der Waals surface area contributed by atoms with E-state index in [9.17, 15) is 4.79 Å². The van der Waals surface area contributed by atoms with Gasteiger partial charge >= 0.3 is 0 Å². The third-order valence-corrected chi connectivity index (χ3v) is 5.38. The third-order valence-electron chi connectivity index (χ3n) is 4.35. The molecule has 2 aromatic rings. The Morgan fingerprint density at radius 2 is 1.96 bits per heavy atom. The second-order valence-electron chi connectivity index (χ2n) is 5.89. The Morgan fingerprint density at radius 3 is 2.60 bits per heavy atom. The van der Waals surface area contributed by atoms with Gasteiger partial charge in [-0.1, -0.05) is 0 Å². The van der Waals surface area contributed by atoms with Gasteiger partial charge in [0.25, 0.3) is 5.91 Å². The van der Waals surface area contributed by atoms with Crippen LogP contribution in [-0.4, -0.2) is 47.5 Å². The Morgan fingerprint density at radius 1 is 1.28 bits per heavy atom. The number of pyridine rings is 1. The summed E-state index contributed by atoms with van der Waals surface area (Å²) >= 11 is 1.46. The lowest BCUT2D eigenvalue weighted by molar-refractivity contribution is 0.0692. The molecule has 0 saturated carbocycles. The minimum atomic E-state index is 0. The van der Waals surface area contributed by atoms with Crippen molar-refractivity contribution in [3.63, 3.8) is 0 Å². The summed E-state index contributed by atoms with van der Waals surface area (Å²) in [5.74, 6) is 0.857. The smallest absolute Gasteiger partial charge is 0.265 e. The first-order valence-electron chi connectivity index (χ1n) is 8.08.